The van der Waals surface area contributed by atoms with Gasteiger partial charge in [-0.2, -0.15) is 0 Å². The highest BCUT2D eigenvalue weighted by Crippen LogP contribution is 2.26. The van der Waals surface area contributed by atoms with Crippen LogP contribution in [0.1, 0.15) is 30.3 Å². The summed E-state index contributed by atoms with van der Waals surface area (Å²) >= 11 is 0. The van der Waals surface area contributed by atoms with Crippen LogP contribution in [0.4, 0.5) is 0 Å². The zero-order chi connectivity index (χ0) is 17.4. The van der Waals surface area contributed by atoms with E-state index in [1.54, 1.807) is 0 Å². The van der Waals surface area contributed by atoms with Gasteiger partial charge in [0, 0.05) is 45.2 Å². The van der Waals surface area contributed by atoms with Crippen molar-refractivity contribution < 1.29 is 4.79 Å². The number of fused-ring (bicyclic) bond motifs is 1. The van der Waals surface area contributed by atoms with Crippen molar-refractivity contribution in [3.63, 3.8) is 0 Å². The van der Waals surface area contributed by atoms with Crippen LogP contribution < -0.4 is 0 Å². The smallest absolute Gasteiger partial charge is 0.224 e. The lowest BCUT2D eigenvalue weighted by atomic mass is 10.1. The molecule has 3 heterocycles. The van der Waals surface area contributed by atoms with E-state index < -0.39 is 0 Å². The summed E-state index contributed by atoms with van der Waals surface area (Å²) in [6.45, 7) is 4.27. The monoisotopic (exact) mass is 337 g/mol. The van der Waals surface area contributed by atoms with Crippen molar-refractivity contribution in [3.05, 3.63) is 48.3 Å². The number of carbonyl (C=O) groups excluding carboxylic acids is 1. The number of hydrogen-bond acceptors (Lipinski definition) is 3. The summed E-state index contributed by atoms with van der Waals surface area (Å²) < 4.78 is 4.15. The summed E-state index contributed by atoms with van der Waals surface area (Å²) in [5.41, 5.74) is 3.09. The number of nitrogens with zero attached hydrogens (tertiary/aromatic N) is 5. The Morgan fingerprint density at radius 1 is 1.32 bits per heavy atom. The number of aromatic nitrogens is 4. The Bertz CT molecular complexity index is 910. The topological polar surface area (TPSA) is 56.0 Å². The molecule has 1 amide bonds. The number of likely N-dealkylation sites (tertiary alicyclic amines) is 1. The molecule has 1 aromatic carbocycles. The molecule has 0 unspecified atom stereocenters. The van der Waals surface area contributed by atoms with E-state index in [4.69, 9.17) is 0 Å². The standard InChI is InChI=1S/C19H23N5O/c1-14-11-22(2)19(21-14)15-7-9-23(12-15)18(25)8-10-24-13-20-16-5-3-4-6-17(16)24/h3-6,11,13,15H,7-10,12H2,1-2H3/t15-/m1/s1. The lowest BCUT2D eigenvalue weighted by Crippen LogP contribution is -2.29. The first-order valence-electron chi connectivity index (χ1n) is 8.79. The number of imidazole rings is 2. The molecule has 4 rings (SSSR count). The van der Waals surface area contributed by atoms with Gasteiger partial charge in [-0.25, -0.2) is 9.97 Å². The molecule has 1 atom stereocenters. The van der Waals surface area contributed by atoms with E-state index in [-0.39, 0.29) is 5.91 Å². The molecule has 1 saturated heterocycles. The summed E-state index contributed by atoms with van der Waals surface area (Å²) in [6, 6.07) is 8.02. The number of aryl methyl sites for hydroxylation is 3. The van der Waals surface area contributed by atoms with E-state index in [1.807, 2.05) is 55.7 Å². The second kappa shape index (κ2) is 6.35. The molecular weight excluding hydrogens is 314 g/mol. The largest absolute Gasteiger partial charge is 0.342 e. The van der Waals surface area contributed by atoms with E-state index in [1.165, 1.54) is 0 Å². The first-order chi connectivity index (χ1) is 12.1. The fourth-order valence-corrected chi connectivity index (χ4v) is 3.77. The predicted octanol–water partition coefficient (Wildman–Crippen LogP) is 2.48. The van der Waals surface area contributed by atoms with E-state index in [2.05, 4.69) is 19.1 Å². The molecule has 6 nitrogen and oxygen atoms in total. The highest BCUT2D eigenvalue weighted by Gasteiger charge is 2.29. The summed E-state index contributed by atoms with van der Waals surface area (Å²) in [6.07, 6.45) is 5.36. The van der Waals surface area contributed by atoms with Gasteiger partial charge in [0.1, 0.15) is 5.82 Å². The lowest BCUT2D eigenvalue weighted by Gasteiger charge is -2.17. The number of para-hydroxylation sites is 2. The van der Waals surface area contributed by atoms with Gasteiger partial charge in [0.25, 0.3) is 0 Å². The van der Waals surface area contributed by atoms with Crippen LogP contribution in [-0.4, -0.2) is 43.0 Å². The van der Waals surface area contributed by atoms with E-state index in [0.29, 0.717) is 18.9 Å². The van der Waals surface area contributed by atoms with Crippen LogP contribution in [0.5, 0.6) is 0 Å². The minimum Gasteiger partial charge on any atom is -0.342 e. The van der Waals surface area contributed by atoms with Crippen molar-refractivity contribution in [2.24, 2.45) is 7.05 Å². The number of rotatable bonds is 4. The van der Waals surface area contributed by atoms with Crippen molar-refractivity contribution in [2.45, 2.75) is 32.2 Å². The molecule has 25 heavy (non-hydrogen) atoms. The van der Waals surface area contributed by atoms with E-state index >= 15 is 0 Å². The van der Waals surface area contributed by atoms with Gasteiger partial charge in [-0.05, 0) is 25.5 Å². The Kier molecular flexibility index (Phi) is 4.03. The zero-order valence-corrected chi connectivity index (χ0v) is 14.7. The third-order valence-corrected chi connectivity index (χ3v) is 5.03. The molecule has 130 valence electrons. The first kappa shape index (κ1) is 15.9. The van der Waals surface area contributed by atoms with Crippen molar-refractivity contribution in [1.29, 1.82) is 0 Å². The quantitative estimate of drug-likeness (QED) is 0.735. The van der Waals surface area contributed by atoms with Crippen molar-refractivity contribution in [1.82, 2.24) is 24.0 Å². The van der Waals surface area contributed by atoms with E-state index in [0.717, 1.165) is 42.1 Å². The molecule has 0 radical (unpaired) electrons. The van der Waals surface area contributed by atoms with E-state index in [9.17, 15) is 4.79 Å². The number of amides is 1. The summed E-state index contributed by atoms with van der Waals surface area (Å²) in [5.74, 6) is 1.65. The fourth-order valence-electron chi connectivity index (χ4n) is 3.77. The Labute approximate surface area is 147 Å². The maximum Gasteiger partial charge on any atom is 0.224 e. The molecule has 3 aromatic rings. The maximum absolute atomic E-state index is 12.6. The molecule has 0 spiro atoms. The Morgan fingerprint density at radius 3 is 2.96 bits per heavy atom. The molecule has 0 N–H and O–H groups in total. The highest BCUT2D eigenvalue weighted by molar-refractivity contribution is 5.78. The molecule has 6 heteroatoms. The van der Waals surface area contributed by atoms with Crippen LogP contribution in [0.25, 0.3) is 11.0 Å². The number of hydrogen-bond donors (Lipinski definition) is 0. The number of carbonyl (C=O) groups is 1. The molecule has 1 aliphatic rings. The third kappa shape index (κ3) is 3.04. The zero-order valence-electron chi connectivity index (χ0n) is 14.7. The average Bonchev–Trinajstić information content (AvgIpc) is 3.31. The van der Waals surface area contributed by atoms with Gasteiger partial charge in [0.15, 0.2) is 0 Å². The summed E-state index contributed by atoms with van der Waals surface area (Å²) in [4.78, 5) is 23.6. The predicted molar refractivity (Wildman–Crippen MR) is 96.2 cm³/mol. The van der Waals surface area contributed by atoms with Gasteiger partial charge in [0.2, 0.25) is 5.91 Å². The maximum atomic E-state index is 12.6. The van der Waals surface area contributed by atoms with Crippen LogP contribution in [0.2, 0.25) is 0 Å². The second-order valence-corrected chi connectivity index (χ2v) is 6.85. The highest BCUT2D eigenvalue weighted by atomic mass is 16.2. The van der Waals surface area contributed by atoms with Crippen LogP contribution >= 0.6 is 0 Å². The van der Waals surface area contributed by atoms with Crippen molar-refractivity contribution in [2.75, 3.05) is 13.1 Å². The third-order valence-electron chi connectivity index (χ3n) is 5.03. The number of benzene rings is 1. The van der Waals surface area contributed by atoms with Gasteiger partial charge in [-0.15, -0.1) is 0 Å². The van der Waals surface area contributed by atoms with Gasteiger partial charge < -0.3 is 14.0 Å². The van der Waals surface area contributed by atoms with Crippen molar-refractivity contribution >= 4 is 16.9 Å². The van der Waals surface area contributed by atoms with Crippen LogP contribution in [-0.2, 0) is 18.4 Å². The molecule has 1 aliphatic heterocycles. The Morgan fingerprint density at radius 2 is 2.16 bits per heavy atom. The molecule has 0 saturated carbocycles. The molecule has 0 bridgehead atoms. The molecule has 0 aliphatic carbocycles. The first-order valence-corrected chi connectivity index (χ1v) is 8.79. The minimum atomic E-state index is 0.214. The Balaban J connectivity index is 1.38. The fraction of sp³-hybridized carbons (Fsp3) is 0.421. The van der Waals surface area contributed by atoms with Crippen LogP contribution in [0, 0.1) is 6.92 Å². The molecule has 1 fully saturated rings. The second-order valence-electron chi connectivity index (χ2n) is 6.85. The molecular formula is C19H23N5O. The molecule has 2 aromatic heterocycles. The summed E-state index contributed by atoms with van der Waals surface area (Å²) in [7, 11) is 2.03. The van der Waals surface area contributed by atoms with Crippen LogP contribution in [0.15, 0.2) is 36.8 Å². The Hall–Kier alpha value is -2.63. The summed E-state index contributed by atoms with van der Waals surface area (Å²) in [5, 5.41) is 0. The lowest BCUT2D eigenvalue weighted by molar-refractivity contribution is -0.130. The van der Waals surface area contributed by atoms with Crippen molar-refractivity contribution in [3.8, 4) is 0 Å². The average molecular weight is 337 g/mol. The SMILES string of the molecule is Cc1cn(C)c([C@@H]2CCN(C(=O)CCn3cnc4ccccc43)C2)n1. The van der Waals surface area contributed by atoms with Gasteiger partial charge >= 0.3 is 0 Å². The van der Waals surface area contributed by atoms with Gasteiger partial charge in [0.05, 0.1) is 23.1 Å². The minimum absolute atomic E-state index is 0.214. The van der Waals surface area contributed by atoms with Gasteiger partial charge in [-0.3, -0.25) is 4.79 Å². The normalized spacial score (nSPS) is 17.5. The van der Waals surface area contributed by atoms with Gasteiger partial charge in [-0.1, -0.05) is 12.1 Å². The van der Waals surface area contributed by atoms with Crippen LogP contribution in [0.3, 0.4) is 0 Å².